The number of halogens is 2. The van der Waals surface area contributed by atoms with Crippen LogP contribution >= 0.6 is 28.1 Å². The molecule has 0 spiro atoms. The summed E-state index contributed by atoms with van der Waals surface area (Å²) in [5.41, 5.74) is 2.34. The fourth-order valence-electron chi connectivity index (χ4n) is 4.25. The van der Waals surface area contributed by atoms with E-state index in [1.807, 2.05) is 10.6 Å². The van der Waals surface area contributed by atoms with Gasteiger partial charge in [0.15, 0.2) is 4.77 Å². The number of rotatable bonds is 3. The Hall–Kier alpha value is -2.06. The maximum atomic E-state index is 14.5. The molecule has 26 heavy (non-hydrogen) atoms. The van der Waals surface area contributed by atoms with Crippen molar-refractivity contribution in [1.29, 1.82) is 0 Å². The first-order chi connectivity index (χ1) is 12.5. The highest BCUT2D eigenvalue weighted by Crippen LogP contribution is 2.66. The third-order valence-electron chi connectivity index (χ3n) is 5.53. The van der Waals surface area contributed by atoms with E-state index in [0.29, 0.717) is 11.3 Å². The van der Waals surface area contributed by atoms with Crippen molar-refractivity contribution in [2.75, 3.05) is 0 Å². The number of hydrogen-bond donors (Lipinski definition) is 1. The fourth-order valence-corrected chi connectivity index (χ4v) is 4.90. The van der Waals surface area contributed by atoms with E-state index in [0.717, 1.165) is 27.8 Å². The summed E-state index contributed by atoms with van der Waals surface area (Å²) in [6, 6.07) is 5.08. The molecule has 1 N–H and O–H groups in total. The first-order valence-corrected chi connectivity index (χ1v) is 9.48. The summed E-state index contributed by atoms with van der Waals surface area (Å²) in [6.45, 7) is 0.648. The zero-order valence-electron chi connectivity index (χ0n) is 13.6. The summed E-state index contributed by atoms with van der Waals surface area (Å²) in [6.07, 6.45) is 5.79. The zero-order valence-corrected chi connectivity index (χ0v) is 16.0. The summed E-state index contributed by atoms with van der Waals surface area (Å²) >= 11 is 8.90. The molecule has 3 aromatic rings. The van der Waals surface area contributed by atoms with Gasteiger partial charge in [-0.1, -0.05) is 15.9 Å². The van der Waals surface area contributed by atoms with Crippen molar-refractivity contribution in [2.24, 2.45) is 0 Å². The third kappa shape index (κ3) is 2.21. The van der Waals surface area contributed by atoms with Gasteiger partial charge in [0.2, 0.25) is 5.91 Å². The molecular formula is C18H14BrFN4OS. The Morgan fingerprint density at radius 2 is 2.35 bits per heavy atom. The molecule has 0 unspecified atom stereocenters. The number of nitrogens with zero attached hydrogens (tertiary/aromatic N) is 3. The van der Waals surface area contributed by atoms with E-state index in [4.69, 9.17) is 12.2 Å². The van der Waals surface area contributed by atoms with Crippen LogP contribution in [0.25, 0.3) is 0 Å². The number of carbonyl (C=O) groups excluding carboxylic acids is 1. The van der Waals surface area contributed by atoms with Crippen molar-refractivity contribution in [3.05, 3.63) is 68.9 Å². The van der Waals surface area contributed by atoms with Gasteiger partial charge in [-0.3, -0.25) is 9.36 Å². The first kappa shape index (κ1) is 16.1. The highest BCUT2D eigenvalue weighted by atomic mass is 79.9. The monoisotopic (exact) mass is 432 g/mol. The van der Waals surface area contributed by atoms with Gasteiger partial charge >= 0.3 is 0 Å². The highest BCUT2D eigenvalue weighted by Gasteiger charge is 2.63. The normalized spacial score (nSPS) is 22.9. The molecule has 2 atom stereocenters. The SMILES string of the molecule is O=C(Cc1[nH]c(=S)n2c1[C@@H]1C[C@]1(c1cc(Br)ccc1F)C2)n1ccnc1. The molecule has 3 heterocycles. The van der Waals surface area contributed by atoms with Crippen LogP contribution in [-0.4, -0.2) is 25.0 Å². The minimum atomic E-state index is -0.251. The average molecular weight is 433 g/mol. The predicted molar refractivity (Wildman–Crippen MR) is 99.3 cm³/mol. The second-order valence-corrected chi connectivity index (χ2v) is 8.26. The molecule has 1 aliphatic carbocycles. The maximum Gasteiger partial charge on any atom is 0.237 e. The number of nitrogens with one attached hydrogen (secondary N) is 1. The van der Waals surface area contributed by atoms with Crippen LogP contribution in [0.3, 0.4) is 0 Å². The molecule has 1 aromatic carbocycles. The number of aromatic amines is 1. The number of benzene rings is 1. The number of carbonyl (C=O) groups is 1. The Labute approximate surface area is 162 Å². The Morgan fingerprint density at radius 3 is 3.12 bits per heavy atom. The molecule has 2 aliphatic rings. The van der Waals surface area contributed by atoms with Crippen LogP contribution in [0.1, 0.15) is 34.1 Å². The maximum absolute atomic E-state index is 14.5. The van der Waals surface area contributed by atoms with Gasteiger partial charge in [0.05, 0.1) is 6.42 Å². The van der Waals surface area contributed by atoms with Crippen LogP contribution < -0.4 is 0 Å². The van der Waals surface area contributed by atoms with Crippen molar-refractivity contribution in [3.63, 3.8) is 0 Å². The molecule has 8 heteroatoms. The van der Waals surface area contributed by atoms with Crippen LogP contribution in [0.15, 0.2) is 41.4 Å². The molecule has 5 nitrogen and oxygen atoms in total. The van der Waals surface area contributed by atoms with Crippen molar-refractivity contribution in [2.45, 2.75) is 30.7 Å². The van der Waals surface area contributed by atoms with Gasteiger partial charge in [0.25, 0.3) is 0 Å². The van der Waals surface area contributed by atoms with Gasteiger partial charge in [-0.2, -0.15) is 0 Å². The Bertz CT molecular complexity index is 1100. The Kier molecular flexibility index (Phi) is 3.39. The minimum Gasteiger partial charge on any atom is -0.334 e. The molecule has 2 aromatic heterocycles. The summed E-state index contributed by atoms with van der Waals surface area (Å²) < 4.78 is 19.4. The van der Waals surface area contributed by atoms with Crippen LogP contribution in [0.2, 0.25) is 0 Å². The lowest BCUT2D eigenvalue weighted by Crippen LogP contribution is -2.14. The zero-order chi connectivity index (χ0) is 18.1. The summed E-state index contributed by atoms with van der Waals surface area (Å²) in [5, 5.41) is 0. The molecule has 1 aliphatic heterocycles. The van der Waals surface area contributed by atoms with Crippen LogP contribution in [0.4, 0.5) is 4.39 Å². The van der Waals surface area contributed by atoms with Gasteiger partial charge in [0.1, 0.15) is 12.1 Å². The molecule has 0 bridgehead atoms. The Morgan fingerprint density at radius 1 is 1.50 bits per heavy atom. The first-order valence-electron chi connectivity index (χ1n) is 8.28. The fraction of sp³-hybridized carbons (Fsp3) is 0.278. The van der Waals surface area contributed by atoms with Gasteiger partial charge in [0, 0.05) is 46.1 Å². The van der Waals surface area contributed by atoms with Crippen LogP contribution in [0, 0.1) is 10.6 Å². The molecular weight excluding hydrogens is 419 g/mol. The van der Waals surface area contributed by atoms with Gasteiger partial charge in [-0.25, -0.2) is 9.37 Å². The van der Waals surface area contributed by atoms with E-state index in [1.165, 1.54) is 17.0 Å². The van der Waals surface area contributed by atoms with E-state index >= 15 is 0 Å². The number of imidazole rings is 2. The summed E-state index contributed by atoms with van der Waals surface area (Å²) in [4.78, 5) is 19.5. The van der Waals surface area contributed by atoms with E-state index < -0.39 is 0 Å². The third-order valence-corrected chi connectivity index (χ3v) is 6.35. The average Bonchev–Trinajstić information content (AvgIpc) is 2.99. The summed E-state index contributed by atoms with van der Waals surface area (Å²) in [5.74, 6) is -0.0776. The Balaban J connectivity index is 1.52. The molecule has 5 rings (SSSR count). The topological polar surface area (TPSA) is 55.6 Å². The minimum absolute atomic E-state index is 0.0751. The molecule has 1 fully saturated rings. The van der Waals surface area contributed by atoms with Crippen LogP contribution in [-0.2, 0) is 18.4 Å². The number of hydrogen-bond acceptors (Lipinski definition) is 3. The van der Waals surface area contributed by atoms with Gasteiger partial charge in [-0.05, 0) is 42.4 Å². The lowest BCUT2D eigenvalue weighted by molar-refractivity contribution is 0.0912. The second kappa shape index (κ2) is 5.47. The molecule has 132 valence electrons. The van der Waals surface area contributed by atoms with E-state index in [1.54, 1.807) is 18.5 Å². The molecule has 0 saturated heterocycles. The van der Waals surface area contributed by atoms with Gasteiger partial charge in [-0.15, -0.1) is 0 Å². The second-order valence-electron chi connectivity index (χ2n) is 6.96. The number of fused-ring (bicyclic) bond motifs is 3. The molecule has 0 amide bonds. The number of aromatic nitrogens is 4. The van der Waals surface area contributed by atoms with Crippen LogP contribution in [0.5, 0.6) is 0 Å². The highest BCUT2D eigenvalue weighted by molar-refractivity contribution is 9.10. The van der Waals surface area contributed by atoms with Crippen molar-refractivity contribution in [3.8, 4) is 0 Å². The van der Waals surface area contributed by atoms with E-state index in [2.05, 4.69) is 25.9 Å². The smallest absolute Gasteiger partial charge is 0.237 e. The standard InChI is InChI=1S/C18H14BrFN4OS/c19-10-1-2-13(20)11(5-10)18-7-12(18)16-14(22-17(26)24(16)8-18)6-15(25)23-4-3-21-9-23/h1-5,9,12H,6-8H2,(H,22,26)/t12-,18+/m0/s1. The quantitative estimate of drug-likeness (QED) is 0.637. The van der Waals surface area contributed by atoms with Crippen molar-refractivity contribution < 1.29 is 9.18 Å². The van der Waals surface area contributed by atoms with Gasteiger partial charge < -0.3 is 9.55 Å². The van der Waals surface area contributed by atoms with E-state index in [9.17, 15) is 9.18 Å². The van der Waals surface area contributed by atoms with Crippen molar-refractivity contribution in [1.82, 2.24) is 19.1 Å². The number of H-pyrrole nitrogens is 1. The molecule has 0 radical (unpaired) electrons. The molecule has 1 saturated carbocycles. The van der Waals surface area contributed by atoms with Crippen molar-refractivity contribution >= 4 is 34.1 Å². The lowest BCUT2D eigenvalue weighted by Gasteiger charge is -2.14. The summed E-state index contributed by atoms with van der Waals surface area (Å²) in [7, 11) is 0. The van der Waals surface area contributed by atoms with E-state index in [-0.39, 0.29) is 29.5 Å². The predicted octanol–water partition coefficient (Wildman–Crippen LogP) is 3.97. The lowest BCUT2D eigenvalue weighted by atomic mass is 9.93. The largest absolute Gasteiger partial charge is 0.334 e.